The molecule has 0 saturated heterocycles. The molecule has 1 aromatic carbocycles. The number of carbonyl (C=O) groups excluding carboxylic acids is 1. The van der Waals surface area contributed by atoms with Crippen LogP contribution in [-0.4, -0.2) is 35.4 Å². The van der Waals surface area contributed by atoms with Crippen LogP contribution in [0.3, 0.4) is 0 Å². The van der Waals surface area contributed by atoms with Crippen LogP contribution in [-0.2, 0) is 21.1 Å². The Morgan fingerprint density at radius 3 is 2.35 bits per heavy atom. The maximum absolute atomic E-state index is 13.1. The van der Waals surface area contributed by atoms with Crippen LogP contribution in [0.25, 0.3) is 11.3 Å². The predicted octanol–water partition coefficient (Wildman–Crippen LogP) is 4.58. The number of rotatable bonds is 4. The van der Waals surface area contributed by atoms with Crippen LogP contribution < -0.4 is 4.74 Å². The SMILES string of the molecule is CC(=O)OCC1(C)COc2c1cc(C(O)C(F)(F)F)nc2-c1ccc(C(F)(F)F)cc1. The van der Waals surface area contributed by atoms with Gasteiger partial charge in [0, 0.05) is 18.1 Å². The fraction of sp³-hybridized carbons (Fsp3) is 0.400. The summed E-state index contributed by atoms with van der Waals surface area (Å²) in [5.74, 6) is -0.560. The van der Waals surface area contributed by atoms with Gasteiger partial charge in [-0.05, 0) is 25.1 Å². The molecule has 1 N–H and O–H groups in total. The van der Waals surface area contributed by atoms with E-state index in [-0.39, 0.29) is 35.8 Å². The van der Waals surface area contributed by atoms with Crippen molar-refractivity contribution in [1.82, 2.24) is 4.98 Å². The van der Waals surface area contributed by atoms with Crippen molar-refractivity contribution >= 4 is 5.97 Å². The molecule has 0 fully saturated rings. The second-order valence-corrected chi connectivity index (χ2v) is 7.42. The van der Waals surface area contributed by atoms with Gasteiger partial charge >= 0.3 is 18.3 Å². The molecule has 2 atom stereocenters. The Hall–Kier alpha value is -2.82. The minimum atomic E-state index is -5.02. The molecule has 11 heteroatoms. The Morgan fingerprint density at radius 2 is 1.84 bits per heavy atom. The molecule has 3 rings (SSSR count). The highest BCUT2D eigenvalue weighted by atomic mass is 19.4. The second kappa shape index (κ2) is 7.70. The van der Waals surface area contributed by atoms with Crippen LogP contribution in [0.5, 0.6) is 5.75 Å². The summed E-state index contributed by atoms with van der Waals surface area (Å²) >= 11 is 0. The van der Waals surface area contributed by atoms with Crippen molar-refractivity contribution in [2.24, 2.45) is 0 Å². The van der Waals surface area contributed by atoms with Gasteiger partial charge in [0.05, 0.1) is 16.7 Å². The molecule has 5 nitrogen and oxygen atoms in total. The molecule has 0 spiro atoms. The van der Waals surface area contributed by atoms with Crippen molar-refractivity contribution in [3.63, 3.8) is 0 Å². The number of alkyl halides is 6. The number of carbonyl (C=O) groups is 1. The van der Waals surface area contributed by atoms with Crippen LogP contribution in [0.4, 0.5) is 26.3 Å². The standard InChI is InChI=1S/C20H17F6NO4/c1-10(28)30-8-18(2)9-31-16-13(18)7-14(17(29)20(24,25)26)27-15(16)11-3-5-12(6-4-11)19(21,22)23/h3-7,17,29H,8-9H2,1-2H3. The lowest BCUT2D eigenvalue weighted by Crippen LogP contribution is -2.31. The fourth-order valence-electron chi connectivity index (χ4n) is 3.16. The highest BCUT2D eigenvalue weighted by Gasteiger charge is 2.45. The lowest BCUT2D eigenvalue weighted by Gasteiger charge is -2.23. The molecular formula is C20H17F6NO4. The van der Waals surface area contributed by atoms with Crippen molar-refractivity contribution in [1.29, 1.82) is 0 Å². The molecule has 0 bridgehead atoms. The van der Waals surface area contributed by atoms with Crippen LogP contribution in [0, 0.1) is 0 Å². The summed E-state index contributed by atoms with van der Waals surface area (Å²) in [7, 11) is 0. The molecule has 0 saturated carbocycles. The van der Waals surface area contributed by atoms with E-state index in [1.807, 2.05) is 0 Å². The number of ether oxygens (including phenoxy) is 2. The third kappa shape index (κ3) is 4.60. The highest BCUT2D eigenvalue weighted by molar-refractivity contribution is 5.71. The maximum Gasteiger partial charge on any atom is 0.420 e. The van der Waals surface area contributed by atoms with E-state index in [0.717, 1.165) is 30.3 Å². The molecule has 31 heavy (non-hydrogen) atoms. The Labute approximate surface area is 172 Å². The molecule has 2 aromatic rings. The minimum absolute atomic E-state index is 0.0486. The first-order valence-electron chi connectivity index (χ1n) is 8.96. The zero-order valence-electron chi connectivity index (χ0n) is 16.3. The number of hydrogen-bond acceptors (Lipinski definition) is 5. The van der Waals surface area contributed by atoms with Crippen molar-refractivity contribution in [2.75, 3.05) is 13.2 Å². The number of fused-ring (bicyclic) bond motifs is 1. The monoisotopic (exact) mass is 449 g/mol. The molecule has 1 aromatic heterocycles. The Bertz CT molecular complexity index is 987. The summed E-state index contributed by atoms with van der Waals surface area (Å²) in [6.45, 7) is 2.46. The zero-order chi connectivity index (χ0) is 23.2. The molecule has 2 heterocycles. The Kier molecular flexibility index (Phi) is 5.68. The summed E-state index contributed by atoms with van der Waals surface area (Å²) in [6, 6.07) is 4.66. The maximum atomic E-state index is 13.1. The molecule has 0 aliphatic carbocycles. The van der Waals surface area contributed by atoms with Gasteiger partial charge in [-0.15, -0.1) is 0 Å². The second-order valence-electron chi connectivity index (χ2n) is 7.42. The third-order valence-corrected chi connectivity index (χ3v) is 4.85. The third-order valence-electron chi connectivity index (χ3n) is 4.85. The Morgan fingerprint density at radius 1 is 1.23 bits per heavy atom. The van der Waals surface area contributed by atoms with Crippen molar-refractivity contribution in [2.45, 2.75) is 37.7 Å². The average Bonchev–Trinajstić information content (AvgIpc) is 3.01. The first-order valence-corrected chi connectivity index (χ1v) is 8.96. The van der Waals surface area contributed by atoms with E-state index in [2.05, 4.69) is 4.98 Å². The van der Waals surface area contributed by atoms with E-state index < -0.39 is 41.1 Å². The fourth-order valence-corrected chi connectivity index (χ4v) is 3.16. The molecule has 1 aliphatic heterocycles. The lowest BCUT2D eigenvalue weighted by molar-refractivity contribution is -0.207. The summed E-state index contributed by atoms with van der Waals surface area (Å²) in [5, 5.41) is 9.74. The van der Waals surface area contributed by atoms with Crippen LogP contribution in [0.2, 0.25) is 0 Å². The molecular weight excluding hydrogens is 432 g/mol. The zero-order valence-corrected chi connectivity index (χ0v) is 16.3. The van der Waals surface area contributed by atoms with Gasteiger partial charge < -0.3 is 14.6 Å². The van der Waals surface area contributed by atoms with E-state index in [0.29, 0.717) is 0 Å². The first kappa shape index (κ1) is 22.9. The largest absolute Gasteiger partial charge is 0.490 e. The van der Waals surface area contributed by atoms with E-state index in [1.54, 1.807) is 6.92 Å². The number of aromatic nitrogens is 1. The molecule has 2 unspecified atom stereocenters. The van der Waals surface area contributed by atoms with Gasteiger partial charge in [0.15, 0.2) is 6.10 Å². The number of aliphatic hydroxyl groups is 1. The van der Waals surface area contributed by atoms with Gasteiger partial charge in [-0.1, -0.05) is 12.1 Å². The summed E-state index contributed by atoms with van der Waals surface area (Å²) in [6.07, 6.45) is -12.5. The Balaban J connectivity index is 2.15. The molecule has 168 valence electrons. The molecule has 1 aliphatic rings. The summed E-state index contributed by atoms with van der Waals surface area (Å²) < 4.78 is 88.6. The predicted molar refractivity (Wildman–Crippen MR) is 95.2 cm³/mol. The molecule has 0 amide bonds. The highest BCUT2D eigenvalue weighted by Crippen LogP contribution is 2.46. The van der Waals surface area contributed by atoms with Gasteiger partial charge in [0.2, 0.25) is 0 Å². The quantitative estimate of drug-likeness (QED) is 0.547. The van der Waals surface area contributed by atoms with Gasteiger partial charge in [-0.25, -0.2) is 4.98 Å². The number of pyridine rings is 1. The number of benzene rings is 1. The first-order chi connectivity index (χ1) is 14.2. The van der Waals surface area contributed by atoms with E-state index in [4.69, 9.17) is 9.47 Å². The van der Waals surface area contributed by atoms with Crippen molar-refractivity contribution < 1.29 is 45.7 Å². The van der Waals surface area contributed by atoms with Gasteiger partial charge in [-0.2, -0.15) is 26.3 Å². The lowest BCUT2D eigenvalue weighted by atomic mass is 9.84. The minimum Gasteiger partial charge on any atom is -0.490 e. The number of aliphatic hydroxyl groups excluding tert-OH is 1. The van der Waals surface area contributed by atoms with Crippen molar-refractivity contribution in [3.05, 3.63) is 47.2 Å². The van der Waals surface area contributed by atoms with Crippen LogP contribution >= 0.6 is 0 Å². The summed E-state index contributed by atoms with van der Waals surface area (Å²) in [4.78, 5) is 15.1. The number of hydrogen-bond donors (Lipinski definition) is 1. The van der Waals surface area contributed by atoms with Crippen LogP contribution in [0.15, 0.2) is 30.3 Å². The average molecular weight is 449 g/mol. The van der Waals surface area contributed by atoms with E-state index >= 15 is 0 Å². The molecule has 0 radical (unpaired) electrons. The van der Waals surface area contributed by atoms with Gasteiger partial charge in [0.1, 0.15) is 24.7 Å². The number of nitrogens with zero attached hydrogens (tertiary/aromatic N) is 1. The number of esters is 1. The normalized spacial score (nSPS) is 19.5. The van der Waals surface area contributed by atoms with Gasteiger partial charge in [-0.3, -0.25) is 4.79 Å². The topological polar surface area (TPSA) is 68.7 Å². The smallest absolute Gasteiger partial charge is 0.420 e. The van der Waals surface area contributed by atoms with E-state index in [1.165, 1.54) is 6.92 Å². The van der Waals surface area contributed by atoms with E-state index in [9.17, 15) is 36.2 Å². The van der Waals surface area contributed by atoms with Crippen molar-refractivity contribution in [3.8, 4) is 17.0 Å². The van der Waals surface area contributed by atoms with Crippen LogP contribution in [0.1, 0.15) is 36.8 Å². The number of halogens is 6. The summed E-state index contributed by atoms with van der Waals surface area (Å²) in [5.41, 5.74) is -2.64. The van der Waals surface area contributed by atoms with Gasteiger partial charge in [0.25, 0.3) is 0 Å².